The number of benzene rings is 1. The Kier molecular flexibility index (Phi) is 5.87. The van der Waals surface area contributed by atoms with Crippen LogP contribution in [0, 0.1) is 0 Å². The highest BCUT2D eigenvalue weighted by Crippen LogP contribution is 2.31. The molecule has 1 aromatic rings. The minimum absolute atomic E-state index is 0.0794. The number of fused-ring (bicyclic) bond motifs is 1. The predicted molar refractivity (Wildman–Crippen MR) is 79.6 cm³/mol. The third-order valence-corrected chi connectivity index (χ3v) is 3.63. The van der Waals surface area contributed by atoms with E-state index < -0.39 is 0 Å². The largest absolute Gasteiger partial charge is 0.493 e. The molecule has 0 saturated heterocycles. The molecule has 0 bridgehead atoms. The minimum Gasteiger partial charge on any atom is -0.493 e. The van der Waals surface area contributed by atoms with Crippen LogP contribution in [0.5, 0.6) is 5.75 Å². The number of amides is 1. The molecule has 1 unspecified atom stereocenters. The number of unbranched alkanes of at least 4 members (excludes halogenated alkanes) is 2. The molecule has 0 saturated carbocycles. The van der Waals surface area contributed by atoms with Gasteiger partial charge in [-0.15, -0.1) is 0 Å². The Morgan fingerprint density at radius 2 is 2.15 bits per heavy atom. The van der Waals surface area contributed by atoms with Gasteiger partial charge in [-0.1, -0.05) is 24.6 Å². The second kappa shape index (κ2) is 7.90. The van der Waals surface area contributed by atoms with Crippen LogP contribution in [0.2, 0.25) is 0 Å². The number of para-hydroxylation sites is 1. The zero-order valence-electron chi connectivity index (χ0n) is 11.9. The van der Waals surface area contributed by atoms with Crippen LogP contribution in [-0.2, 0) is 4.79 Å². The number of nitrogens with two attached hydrogens (primary N) is 1. The van der Waals surface area contributed by atoms with E-state index in [9.17, 15) is 4.79 Å². The number of rotatable bonds is 6. The van der Waals surface area contributed by atoms with E-state index in [1.54, 1.807) is 0 Å². The molecule has 1 heterocycles. The number of hydrogen-bond donors (Lipinski definition) is 2. The molecule has 1 aliphatic rings. The summed E-state index contributed by atoms with van der Waals surface area (Å²) in [6, 6.07) is 8.06. The van der Waals surface area contributed by atoms with E-state index in [0.29, 0.717) is 13.0 Å². The second-order valence-corrected chi connectivity index (χ2v) is 5.25. The van der Waals surface area contributed by atoms with Crippen molar-refractivity contribution in [2.24, 2.45) is 5.73 Å². The maximum atomic E-state index is 12.0. The van der Waals surface area contributed by atoms with E-state index in [4.69, 9.17) is 10.5 Å². The summed E-state index contributed by atoms with van der Waals surface area (Å²) >= 11 is 0. The molecular weight excluding hydrogens is 252 g/mol. The molecule has 2 rings (SSSR count). The van der Waals surface area contributed by atoms with E-state index in [1.807, 2.05) is 24.3 Å². The number of ether oxygens (including phenoxy) is 1. The van der Waals surface area contributed by atoms with Gasteiger partial charge in [0.15, 0.2) is 0 Å². The van der Waals surface area contributed by atoms with Crippen molar-refractivity contribution >= 4 is 5.91 Å². The third kappa shape index (κ3) is 4.23. The molecular formula is C16H24N2O2. The summed E-state index contributed by atoms with van der Waals surface area (Å²) in [5.41, 5.74) is 6.55. The maximum absolute atomic E-state index is 12.0. The first-order chi connectivity index (χ1) is 9.81. The SMILES string of the molecule is NCCCCCC(=O)NC1CCCOc2ccccc21. The van der Waals surface area contributed by atoms with Crippen molar-refractivity contribution in [3.05, 3.63) is 29.8 Å². The van der Waals surface area contributed by atoms with Crippen molar-refractivity contribution in [1.29, 1.82) is 0 Å². The Morgan fingerprint density at radius 1 is 1.30 bits per heavy atom. The van der Waals surface area contributed by atoms with Gasteiger partial charge in [0.2, 0.25) is 5.91 Å². The van der Waals surface area contributed by atoms with Gasteiger partial charge < -0.3 is 15.8 Å². The second-order valence-electron chi connectivity index (χ2n) is 5.25. The first kappa shape index (κ1) is 14.9. The lowest BCUT2D eigenvalue weighted by Crippen LogP contribution is -2.28. The minimum atomic E-state index is 0.0794. The zero-order valence-corrected chi connectivity index (χ0v) is 11.9. The van der Waals surface area contributed by atoms with E-state index in [2.05, 4.69) is 5.32 Å². The lowest BCUT2D eigenvalue weighted by atomic mass is 10.0. The first-order valence-electron chi connectivity index (χ1n) is 7.52. The summed E-state index contributed by atoms with van der Waals surface area (Å²) in [5, 5.41) is 3.14. The molecule has 110 valence electrons. The van der Waals surface area contributed by atoms with Crippen LogP contribution in [0.3, 0.4) is 0 Å². The smallest absolute Gasteiger partial charge is 0.220 e. The quantitative estimate of drug-likeness (QED) is 0.785. The van der Waals surface area contributed by atoms with Crippen LogP contribution in [-0.4, -0.2) is 19.1 Å². The molecule has 4 nitrogen and oxygen atoms in total. The molecule has 1 amide bonds. The van der Waals surface area contributed by atoms with Crippen molar-refractivity contribution in [1.82, 2.24) is 5.32 Å². The Bertz CT molecular complexity index is 434. The van der Waals surface area contributed by atoms with Gasteiger partial charge in [-0.05, 0) is 38.3 Å². The van der Waals surface area contributed by atoms with Gasteiger partial charge in [-0.3, -0.25) is 4.79 Å². The number of nitrogens with one attached hydrogen (secondary N) is 1. The molecule has 0 spiro atoms. The highest BCUT2D eigenvalue weighted by atomic mass is 16.5. The molecule has 4 heteroatoms. The number of carbonyl (C=O) groups is 1. The van der Waals surface area contributed by atoms with Crippen molar-refractivity contribution in [3.8, 4) is 5.75 Å². The highest BCUT2D eigenvalue weighted by molar-refractivity contribution is 5.76. The molecule has 1 aromatic carbocycles. The molecule has 1 atom stereocenters. The summed E-state index contributed by atoms with van der Waals surface area (Å²) in [4.78, 5) is 12.0. The van der Waals surface area contributed by atoms with Crippen LogP contribution in [0.25, 0.3) is 0 Å². The Morgan fingerprint density at radius 3 is 3.00 bits per heavy atom. The van der Waals surface area contributed by atoms with Crippen LogP contribution in [0.4, 0.5) is 0 Å². The monoisotopic (exact) mass is 276 g/mol. The van der Waals surface area contributed by atoms with E-state index >= 15 is 0 Å². The Hall–Kier alpha value is -1.55. The molecule has 3 N–H and O–H groups in total. The number of hydrogen-bond acceptors (Lipinski definition) is 3. The summed E-state index contributed by atoms with van der Waals surface area (Å²) in [7, 11) is 0. The van der Waals surface area contributed by atoms with E-state index in [0.717, 1.165) is 50.0 Å². The fourth-order valence-corrected chi connectivity index (χ4v) is 2.55. The first-order valence-corrected chi connectivity index (χ1v) is 7.52. The van der Waals surface area contributed by atoms with Crippen LogP contribution in [0.15, 0.2) is 24.3 Å². The molecule has 0 radical (unpaired) electrons. The highest BCUT2D eigenvalue weighted by Gasteiger charge is 2.20. The summed E-state index contributed by atoms with van der Waals surface area (Å²) in [5.74, 6) is 1.03. The van der Waals surface area contributed by atoms with Crippen LogP contribution >= 0.6 is 0 Å². The van der Waals surface area contributed by atoms with Crippen molar-refractivity contribution < 1.29 is 9.53 Å². The van der Waals surface area contributed by atoms with Gasteiger partial charge in [0.1, 0.15) is 5.75 Å². The Balaban J connectivity index is 1.90. The lowest BCUT2D eigenvalue weighted by molar-refractivity contribution is -0.122. The van der Waals surface area contributed by atoms with Gasteiger partial charge in [0.25, 0.3) is 0 Å². The fourth-order valence-electron chi connectivity index (χ4n) is 2.55. The van der Waals surface area contributed by atoms with Crippen molar-refractivity contribution in [2.45, 2.75) is 44.6 Å². The topological polar surface area (TPSA) is 64.4 Å². The molecule has 0 fully saturated rings. The van der Waals surface area contributed by atoms with Gasteiger partial charge in [-0.25, -0.2) is 0 Å². The summed E-state index contributed by atoms with van der Waals surface area (Å²) in [6.07, 6.45) is 5.41. The predicted octanol–water partition coefficient (Wildman–Crippen LogP) is 2.54. The molecule has 1 aliphatic heterocycles. The van der Waals surface area contributed by atoms with Crippen LogP contribution in [0.1, 0.15) is 50.1 Å². The standard InChI is InChI=1S/C16H24N2O2/c17-11-5-1-2-10-16(19)18-14-8-6-12-20-15-9-4-3-7-13(14)15/h3-4,7,9,14H,1-2,5-6,8,10-12,17H2,(H,18,19). The average Bonchev–Trinajstić information content (AvgIpc) is 2.67. The number of carbonyl (C=O) groups excluding carboxylic acids is 1. The van der Waals surface area contributed by atoms with Gasteiger partial charge in [0.05, 0.1) is 12.6 Å². The fraction of sp³-hybridized carbons (Fsp3) is 0.562. The van der Waals surface area contributed by atoms with E-state index in [-0.39, 0.29) is 11.9 Å². The molecule has 20 heavy (non-hydrogen) atoms. The average molecular weight is 276 g/mol. The van der Waals surface area contributed by atoms with Gasteiger partial charge in [-0.2, -0.15) is 0 Å². The summed E-state index contributed by atoms with van der Waals surface area (Å²) in [6.45, 7) is 1.43. The van der Waals surface area contributed by atoms with Gasteiger partial charge in [0, 0.05) is 12.0 Å². The zero-order chi connectivity index (χ0) is 14.2. The van der Waals surface area contributed by atoms with Gasteiger partial charge >= 0.3 is 0 Å². The Labute approximate surface area is 120 Å². The molecule has 0 aromatic heterocycles. The third-order valence-electron chi connectivity index (χ3n) is 3.63. The lowest BCUT2D eigenvalue weighted by Gasteiger charge is -2.18. The molecule has 0 aliphatic carbocycles. The maximum Gasteiger partial charge on any atom is 0.220 e. The van der Waals surface area contributed by atoms with E-state index in [1.165, 1.54) is 0 Å². The normalized spacial score (nSPS) is 17.8. The van der Waals surface area contributed by atoms with Crippen LogP contribution < -0.4 is 15.8 Å². The summed E-state index contributed by atoms with van der Waals surface area (Å²) < 4.78 is 5.71. The van der Waals surface area contributed by atoms with Crippen molar-refractivity contribution in [2.75, 3.05) is 13.2 Å². The van der Waals surface area contributed by atoms with Crippen molar-refractivity contribution in [3.63, 3.8) is 0 Å².